The minimum atomic E-state index is 0.707. The lowest BCUT2D eigenvalue weighted by Gasteiger charge is -2.08. The van der Waals surface area contributed by atoms with Crippen LogP contribution in [0, 0.1) is 0 Å². The van der Waals surface area contributed by atoms with Crippen LogP contribution in [0.5, 0.6) is 0 Å². The van der Waals surface area contributed by atoms with Gasteiger partial charge < -0.3 is 5.32 Å². The van der Waals surface area contributed by atoms with Gasteiger partial charge >= 0.3 is 0 Å². The summed E-state index contributed by atoms with van der Waals surface area (Å²) >= 11 is 0. The van der Waals surface area contributed by atoms with E-state index in [-0.39, 0.29) is 0 Å². The van der Waals surface area contributed by atoms with Gasteiger partial charge in [-0.1, -0.05) is 12.1 Å². The fourth-order valence-corrected chi connectivity index (χ4v) is 1.52. The Morgan fingerprint density at radius 1 is 1.44 bits per heavy atom. The zero-order valence-corrected chi connectivity index (χ0v) is 9.59. The fourth-order valence-electron chi connectivity index (χ4n) is 1.52. The minimum absolute atomic E-state index is 0.707. The highest BCUT2D eigenvalue weighted by Crippen LogP contribution is 2.08. The maximum Gasteiger partial charge on any atom is 0.124 e. The quantitative estimate of drug-likeness (QED) is 0.817. The smallest absolute Gasteiger partial charge is 0.124 e. The number of anilines is 1. The molecule has 0 saturated carbocycles. The van der Waals surface area contributed by atoms with Gasteiger partial charge in [-0.3, -0.25) is 4.68 Å². The van der Waals surface area contributed by atoms with Crippen molar-refractivity contribution in [3.63, 3.8) is 0 Å². The molecule has 0 spiro atoms. The van der Waals surface area contributed by atoms with Gasteiger partial charge in [-0.25, -0.2) is 4.68 Å². The van der Waals surface area contributed by atoms with Crippen LogP contribution < -0.4 is 5.32 Å². The van der Waals surface area contributed by atoms with Gasteiger partial charge in [0.05, 0.1) is 24.6 Å². The van der Waals surface area contributed by atoms with Crippen molar-refractivity contribution in [1.82, 2.24) is 24.8 Å². The summed E-state index contributed by atoms with van der Waals surface area (Å²) in [4.78, 5) is 0. The molecule has 0 aliphatic heterocycles. The van der Waals surface area contributed by atoms with Crippen molar-refractivity contribution in [3.8, 4) is 0 Å². The average Bonchev–Trinajstić information content (AvgIpc) is 2.86. The third kappa shape index (κ3) is 2.21. The largest absolute Gasteiger partial charge is 0.365 e. The first-order chi connectivity index (χ1) is 7.81. The van der Waals surface area contributed by atoms with E-state index in [1.807, 2.05) is 17.8 Å². The number of hydrogen-bond donors (Lipinski definition) is 1. The Bertz CT molecular complexity index is 444. The van der Waals surface area contributed by atoms with E-state index in [4.69, 9.17) is 0 Å². The van der Waals surface area contributed by atoms with Gasteiger partial charge in [0.1, 0.15) is 5.82 Å². The Balaban J connectivity index is 1.99. The maximum atomic E-state index is 4.24. The van der Waals surface area contributed by atoms with Crippen molar-refractivity contribution < 1.29 is 0 Å². The molecule has 0 aliphatic carbocycles. The molecule has 86 valence electrons. The van der Waals surface area contributed by atoms with Crippen molar-refractivity contribution >= 4 is 5.82 Å². The third-order valence-corrected chi connectivity index (χ3v) is 2.41. The first-order valence-corrected chi connectivity index (χ1v) is 5.40. The van der Waals surface area contributed by atoms with Crippen LogP contribution in [0.1, 0.15) is 19.0 Å². The SMILES string of the molecule is CCCn1nccc1NCc1cnnn1C. The van der Waals surface area contributed by atoms with Crippen LogP contribution in [0.25, 0.3) is 0 Å². The molecule has 0 amide bonds. The fraction of sp³-hybridized carbons (Fsp3) is 0.500. The summed E-state index contributed by atoms with van der Waals surface area (Å²) in [7, 11) is 1.88. The van der Waals surface area contributed by atoms with Crippen molar-refractivity contribution in [3.05, 3.63) is 24.2 Å². The Labute approximate surface area is 94.3 Å². The maximum absolute atomic E-state index is 4.24. The summed E-state index contributed by atoms with van der Waals surface area (Å²) in [5.74, 6) is 1.03. The van der Waals surface area contributed by atoms with Crippen LogP contribution >= 0.6 is 0 Å². The molecule has 0 radical (unpaired) electrons. The highest BCUT2D eigenvalue weighted by molar-refractivity contribution is 5.34. The number of aromatic nitrogens is 5. The molecule has 0 bridgehead atoms. The van der Waals surface area contributed by atoms with E-state index in [1.54, 1.807) is 17.1 Å². The van der Waals surface area contributed by atoms with Crippen LogP contribution in [0.2, 0.25) is 0 Å². The number of hydrogen-bond acceptors (Lipinski definition) is 4. The second kappa shape index (κ2) is 4.78. The third-order valence-electron chi connectivity index (χ3n) is 2.41. The summed E-state index contributed by atoms with van der Waals surface area (Å²) < 4.78 is 3.72. The summed E-state index contributed by atoms with van der Waals surface area (Å²) in [6.07, 6.45) is 4.64. The number of nitrogens with zero attached hydrogens (tertiary/aromatic N) is 5. The molecule has 0 unspecified atom stereocenters. The summed E-state index contributed by atoms with van der Waals surface area (Å²) in [6, 6.07) is 1.97. The van der Waals surface area contributed by atoms with E-state index in [1.165, 1.54) is 0 Å². The van der Waals surface area contributed by atoms with Crippen LogP contribution in [-0.2, 0) is 20.1 Å². The monoisotopic (exact) mass is 220 g/mol. The highest BCUT2D eigenvalue weighted by atomic mass is 15.4. The Morgan fingerprint density at radius 3 is 3.00 bits per heavy atom. The van der Waals surface area contributed by atoms with Gasteiger partial charge in [0.25, 0.3) is 0 Å². The molecule has 0 aliphatic rings. The van der Waals surface area contributed by atoms with Gasteiger partial charge in [0, 0.05) is 19.7 Å². The van der Waals surface area contributed by atoms with Crippen molar-refractivity contribution in [2.45, 2.75) is 26.4 Å². The van der Waals surface area contributed by atoms with Crippen LogP contribution in [0.15, 0.2) is 18.5 Å². The molecular weight excluding hydrogens is 204 g/mol. The summed E-state index contributed by atoms with van der Waals surface area (Å²) in [5, 5.41) is 15.3. The number of aryl methyl sites for hydroxylation is 2. The molecule has 2 rings (SSSR count). The molecule has 0 atom stereocenters. The molecule has 6 heteroatoms. The second-order valence-corrected chi connectivity index (χ2v) is 3.64. The van der Waals surface area contributed by atoms with Gasteiger partial charge in [0.2, 0.25) is 0 Å². The second-order valence-electron chi connectivity index (χ2n) is 3.64. The molecule has 2 heterocycles. The van der Waals surface area contributed by atoms with E-state index < -0.39 is 0 Å². The van der Waals surface area contributed by atoms with Crippen LogP contribution in [0.4, 0.5) is 5.82 Å². The zero-order chi connectivity index (χ0) is 11.4. The van der Waals surface area contributed by atoms with Gasteiger partial charge in [-0.05, 0) is 6.42 Å². The lowest BCUT2D eigenvalue weighted by molar-refractivity contribution is 0.605. The number of rotatable bonds is 5. The standard InChI is InChI=1S/C10H16N6/c1-3-6-16-10(4-5-13-16)11-7-9-8-12-14-15(9)2/h4-5,8,11H,3,6-7H2,1-2H3. The lowest BCUT2D eigenvalue weighted by Crippen LogP contribution is -2.10. The molecule has 0 saturated heterocycles. The molecule has 0 fully saturated rings. The highest BCUT2D eigenvalue weighted by Gasteiger charge is 2.03. The molecule has 0 aromatic carbocycles. The van der Waals surface area contributed by atoms with E-state index in [0.717, 1.165) is 24.5 Å². The molecule has 16 heavy (non-hydrogen) atoms. The summed E-state index contributed by atoms with van der Waals surface area (Å²) in [5.41, 5.74) is 1.05. The summed E-state index contributed by atoms with van der Waals surface area (Å²) in [6.45, 7) is 3.77. The Morgan fingerprint density at radius 2 is 2.31 bits per heavy atom. The zero-order valence-electron chi connectivity index (χ0n) is 9.59. The van der Waals surface area contributed by atoms with E-state index in [0.29, 0.717) is 6.54 Å². The average molecular weight is 220 g/mol. The first-order valence-electron chi connectivity index (χ1n) is 5.40. The van der Waals surface area contributed by atoms with Crippen molar-refractivity contribution in [1.29, 1.82) is 0 Å². The molecular formula is C10H16N6. The first kappa shape index (κ1) is 10.7. The van der Waals surface area contributed by atoms with Gasteiger partial charge in [-0.2, -0.15) is 5.10 Å². The Kier molecular flexibility index (Phi) is 3.19. The van der Waals surface area contributed by atoms with Crippen molar-refractivity contribution in [2.75, 3.05) is 5.32 Å². The van der Waals surface area contributed by atoms with Gasteiger partial charge in [0.15, 0.2) is 0 Å². The topological polar surface area (TPSA) is 60.6 Å². The predicted octanol–water partition coefficient (Wildman–Crippen LogP) is 1.03. The van der Waals surface area contributed by atoms with Crippen LogP contribution in [-0.4, -0.2) is 24.8 Å². The van der Waals surface area contributed by atoms with E-state index >= 15 is 0 Å². The molecule has 1 N–H and O–H groups in total. The van der Waals surface area contributed by atoms with Gasteiger partial charge in [-0.15, -0.1) is 5.10 Å². The molecule has 2 aromatic heterocycles. The molecule has 2 aromatic rings. The van der Waals surface area contributed by atoms with Crippen molar-refractivity contribution in [2.24, 2.45) is 7.05 Å². The minimum Gasteiger partial charge on any atom is -0.365 e. The molecule has 6 nitrogen and oxygen atoms in total. The predicted molar refractivity (Wildman–Crippen MR) is 60.8 cm³/mol. The lowest BCUT2D eigenvalue weighted by atomic mass is 10.4. The van der Waals surface area contributed by atoms with E-state index in [2.05, 4.69) is 27.7 Å². The normalized spacial score (nSPS) is 10.6. The number of nitrogens with one attached hydrogen (secondary N) is 1. The Hall–Kier alpha value is -1.85. The van der Waals surface area contributed by atoms with Crippen LogP contribution in [0.3, 0.4) is 0 Å². The van der Waals surface area contributed by atoms with E-state index in [9.17, 15) is 0 Å².